The van der Waals surface area contributed by atoms with Gasteiger partial charge in [0, 0.05) is 18.2 Å². The fourth-order valence-corrected chi connectivity index (χ4v) is 2.38. The Kier molecular flexibility index (Phi) is 5.53. The number of nitrogens with zero attached hydrogens (tertiary/aromatic N) is 3. The average Bonchev–Trinajstić information content (AvgIpc) is 2.89. The van der Waals surface area contributed by atoms with Gasteiger partial charge in [-0.1, -0.05) is 18.2 Å². The number of aromatic nitrogens is 1. The monoisotopic (exact) mass is 311 g/mol. The summed E-state index contributed by atoms with van der Waals surface area (Å²) in [5.41, 5.74) is 1.54. The van der Waals surface area contributed by atoms with Crippen LogP contribution >= 0.6 is 0 Å². The largest absolute Gasteiger partial charge is 0.441 e. The fourth-order valence-electron chi connectivity index (χ4n) is 2.38. The van der Waals surface area contributed by atoms with Crippen LogP contribution in [0.15, 0.2) is 34.7 Å². The molecule has 0 spiro atoms. The van der Waals surface area contributed by atoms with E-state index in [-0.39, 0.29) is 18.4 Å². The summed E-state index contributed by atoms with van der Waals surface area (Å²) in [4.78, 5) is 18.7. The van der Waals surface area contributed by atoms with Gasteiger partial charge in [-0.2, -0.15) is 5.26 Å². The summed E-state index contributed by atoms with van der Waals surface area (Å²) >= 11 is 0. The lowest BCUT2D eigenvalue weighted by Gasteiger charge is -2.25. The van der Waals surface area contributed by atoms with E-state index >= 15 is 0 Å². The third-order valence-corrected chi connectivity index (χ3v) is 3.64. The van der Waals surface area contributed by atoms with Crippen LogP contribution in [0.1, 0.15) is 31.7 Å². The Morgan fingerprint density at radius 1 is 1.35 bits per heavy atom. The van der Waals surface area contributed by atoms with Crippen molar-refractivity contribution in [3.05, 3.63) is 41.8 Å². The van der Waals surface area contributed by atoms with E-state index in [2.05, 4.69) is 11.1 Å². The van der Waals surface area contributed by atoms with Crippen molar-refractivity contribution in [1.29, 1.82) is 5.26 Å². The van der Waals surface area contributed by atoms with Gasteiger partial charge in [0.2, 0.25) is 11.8 Å². The highest BCUT2D eigenvalue weighted by atomic mass is 16.4. The van der Waals surface area contributed by atoms with Crippen molar-refractivity contribution in [3.63, 3.8) is 0 Å². The Morgan fingerprint density at radius 2 is 2.04 bits per heavy atom. The summed E-state index contributed by atoms with van der Waals surface area (Å²) < 4.78 is 5.69. The minimum Gasteiger partial charge on any atom is -0.441 e. The molecule has 0 N–H and O–H groups in total. The zero-order valence-electron chi connectivity index (χ0n) is 13.7. The van der Waals surface area contributed by atoms with E-state index in [0.717, 1.165) is 5.56 Å². The molecule has 2 rings (SSSR count). The molecule has 0 unspecified atom stereocenters. The standard InChI is InChI=1S/C18H21N3O2/c1-13(2)21(11-7-10-19)17(22)12-16-14(3)23-18(20-16)15-8-5-4-6-9-15/h4-6,8-9,13H,7,11-12H2,1-3H3. The summed E-state index contributed by atoms with van der Waals surface area (Å²) in [6.07, 6.45) is 0.517. The van der Waals surface area contributed by atoms with Crippen molar-refractivity contribution in [2.45, 2.75) is 39.7 Å². The zero-order chi connectivity index (χ0) is 16.8. The van der Waals surface area contributed by atoms with Gasteiger partial charge in [0.05, 0.1) is 24.6 Å². The summed E-state index contributed by atoms with van der Waals surface area (Å²) in [5.74, 6) is 1.14. The first-order valence-electron chi connectivity index (χ1n) is 7.71. The van der Waals surface area contributed by atoms with Gasteiger partial charge in [-0.3, -0.25) is 4.79 Å². The van der Waals surface area contributed by atoms with Crippen molar-refractivity contribution >= 4 is 5.91 Å². The van der Waals surface area contributed by atoms with Crippen molar-refractivity contribution in [3.8, 4) is 17.5 Å². The van der Waals surface area contributed by atoms with Crippen LogP contribution in [0.2, 0.25) is 0 Å². The second-order valence-corrected chi connectivity index (χ2v) is 5.65. The number of amides is 1. The van der Waals surface area contributed by atoms with Crippen LogP contribution in [0.3, 0.4) is 0 Å². The number of benzene rings is 1. The first-order chi connectivity index (χ1) is 11.0. The second-order valence-electron chi connectivity index (χ2n) is 5.65. The molecule has 120 valence electrons. The summed E-state index contributed by atoms with van der Waals surface area (Å²) in [7, 11) is 0. The van der Waals surface area contributed by atoms with Gasteiger partial charge < -0.3 is 9.32 Å². The van der Waals surface area contributed by atoms with Crippen molar-refractivity contribution in [2.24, 2.45) is 0 Å². The molecule has 0 aliphatic rings. The van der Waals surface area contributed by atoms with Crippen molar-refractivity contribution in [2.75, 3.05) is 6.54 Å². The van der Waals surface area contributed by atoms with Crippen LogP contribution in [0.25, 0.3) is 11.5 Å². The molecule has 0 saturated carbocycles. The maximum atomic E-state index is 12.5. The first-order valence-corrected chi connectivity index (χ1v) is 7.71. The number of nitriles is 1. The van der Waals surface area contributed by atoms with Crippen LogP contribution in [0.4, 0.5) is 0 Å². The lowest BCUT2D eigenvalue weighted by molar-refractivity contribution is -0.132. The average molecular weight is 311 g/mol. The van der Waals surface area contributed by atoms with Gasteiger partial charge in [0.15, 0.2) is 0 Å². The second kappa shape index (κ2) is 7.59. The normalized spacial score (nSPS) is 10.6. The molecule has 0 aliphatic heterocycles. The van der Waals surface area contributed by atoms with Crippen LogP contribution in [-0.4, -0.2) is 28.4 Å². The Labute approximate surface area is 136 Å². The van der Waals surface area contributed by atoms with E-state index in [9.17, 15) is 4.79 Å². The highest BCUT2D eigenvalue weighted by Gasteiger charge is 2.20. The van der Waals surface area contributed by atoms with Crippen LogP contribution < -0.4 is 0 Å². The molecule has 1 heterocycles. The molecule has 5 heteroatoms. The maximum absolute atomic E-state index is 12.5. The number of carbonyl (C=O) groups is 1. The minimum atomic E-state index is -0.0359. The molecule has 1 amide bonds. The molecular weight excluding hydrogens is 290 g/mol. The Hall–Kier alpha value is -2.61. The Bertz CT molecular complexity index is 699. The smallest absolute Gasteiger partial charge is 0.228 e. The molecule has 0 radical (unpaired) electrons. The third-order valence-electron chi connectivity index (χ3n) is 3.64. The van der Waals surface area contributed by atoms with Crippen LogP contribution in [-0.2, 0) is 11.2 Å². The topological polar surface area (TPSA) is 70.1 Å². The number of carbonyl (C=O) groups excluding carboxylic acids is 1. The third kappa shape index (κ3) is 4.19. The molecule has 2 aromatic rings. The molecular formula is C18H21N3O2. The Morgan fingerprint density at radius 3 is 2.65 bits per heavy atom. The van der Waals surface area contributed by atoms with Gasteiger partial charge >= 0.3 is 0 Å². The number of oxazole rings is 1. The number of aryl methyl sites for hydroxylation is 1. The molecule has 1 aromatic heterocycles. The van der Waals surface area contributed by atoms with E-state index in [4.69, 9.17) is 9.68 Å². The predicted octanol–water partition coefficient (Wildman–Crippen LogP) is 3.34. The highest BCUT2D eigenvalue weighted by Crippen LogP contribution is 2.22. The van der Waals surface area contributed by atoms with Crippen LogP contribution in [0.5, 0.6) is 0 Å². The number of hydrogen-bond donors (Lipinski definition) is 0. The van der Waals surface area contributed by atoms with Crippen LogP contribution in [0, 0.1) is 18.3 Å². The fraction of sp³-hybridized carbons (Fsp3) is 0.389. The maximum Gasteiger partial charge on any atom is 0.228 e. The summed E-state index contributed by atoms with van der Waals surface area (Å²) in [6.45, 7) is 6.15. The van der Waals surface area contributed by atoms with E-state index < -0.39 is 0 Å². The van der Waals surface area contributed by atoms with Crippen molar-refractivity contribution < 1.29 is 9.21 Å². The predicted molar refractivity (Wildman–Crippen MR) is 87.5 cm³/mol. The van der Waals surface area contributed by atoms with E-state index in [0.29, 0.717) is 30.3 Å². The van der Waals surface area contributed by atoms with E-state index in [1.165, 1.54) is 0 Å². The Balaban J connectivity index is 2.15. The molecule has 0 bridgehead atoms. The molecule has 1 aromatic carbocycles. The number of hydrogen-bond acceptors (Lipinski definition) is 4. The molecule has 23 heavy (non-hydrogen) atoms. The minimum absolute atomic E-state index is 0.0359. The molecule has 0 atom stereocenters. The zero-order valence-corrected chi connectivity index (χ0v) is 13.7. The van der Waals surface area contributed by atoms with Gasteiger partial charge in [0.1, 0.15) is 5.76 Å². The SMILES string of the molecule is Cc1oc(-c2ccccc2)nc1CC(=O)N(CCC#N)C(C)C. The lowest BCUT2D eigenvalue weighted by atomic mass is 10.2. The summed E-state index contributed by atoms with van der Waals surface area (Å²) in [6, 6.07) is 11.7. The molecule has 0 fully saturated rings. The highest BCUT2D eigenvalue weighted by molar-refractivity contribution is 5.79. The van der Waals surface area contributed by atoms with Gasteiger partial charge in [0.25, 0.3) is 0 Å². The van der Waals surface area contributed by atoms with Gasteiger partial charge in [-0.25, -0.2) is 4.98 Å². The molecule has 0 saturated heterocycles. The lowest BCUT2D eigenvalue weighted by Crippen LogP contribution is -2.38. The van der Waals surface area contributed by atoms with Gasteiger partial charge in [-0.15, -0.1) is 0 Å². The van der Waals surface area contributed by atoms with E-state index in [1.807, 2.05) is 51.1 Å². The van der Waals surface area contributed by atoms with E-state index in [1.54, 1.807) is 4.90 Å². The quantitative estimate of drug-likeness (QED) is 0.820. The summed E-state index contributed by atoms with van der Waals surface area (Å²) in [5, 5.41) is 8.73. The van der Waals surface area contributed by atoms with Gasteiger partial charge in [-0.05, 0) is 32.9 Å². The molecule has 0 aliphatic carbocycles. The number of rotatable bonds is 6. The first kappa shape index (κ1) is 16.8. The molecule has 5 nitrogen and oxygen atoms in total. The van der Waals surface area contributed by atoms with Crippen molar-refractivity contribution in [1.82, 2.24) is 9.88 Å².